The van der Waals surface area contributed by atoms with Crippen molar-refractivity contribution in [3.05, 3.63) is 22.6 Å². The number of hydrogen-bond donors (Lipinski definition) is 3. The first-order valence-electron chi connectivity index (χ1n) is 7.53. The molecule has 124 valence electrons. The normalized spacial score (nSPS) is 29.3. The highest BCUT2D eigenvalue weighted by molar-refractivity contribution is 6.32. The van der Waals surface area contributed by atoms with Crippen LogP contribution < -0.4 is 11.1 Å². The Balaban J connectivity index is 1.90. The third-order valence-corrected chi connectivity index (χ3v) is 5.29. The first-order valence-corrected chi connectivity index (χ1v) is 7.91. The number of hydrogen-bond acceptors (Lipinski definition) is 4. The van der Waals surface area contributed by atoms with Crippen LogP contribution in [-0.4, -0.2) is 28.0 Å². The number of aliphatic carboxylic acids is 1. The zero-order valence-electron chi connectivity index (χ0n) is 12.3. The fraction of sp³-hybridized carbons (Fsp3) is 0.533. The summed E-state index contributed by atoms with van der Waals surface area (Å²) < 4.78 is 14.2. The van der Waals surface area contributed by atoms with E-state index in [0.29, 0.717) is 0 Å². The highest BCUT2D eigenvalue weighted by Gasteiger charge is 2.47. The van der Waals surface area contributed by atoms with Gasteiger partial charge in [-0.1, -0.05) is 11.6 Å². The summed E-state index contributed by atoms with van der Waals surface area (Å²) in [6.07, 6.45) is 3.61. The highest BCUT2D eigenvalue weighted by atomic mass is 35.5. The number of amides is 1. The van der Waals surface area contributed by atoms with Gasteiger partial charge in [0.15, 0.2) is 11.6 Å². The predicted octanol–water partition coefficient (Wildman–Crippen LogP) is 2.27. The summed E-state index contributed by atoms with van der Waals surface area (Å²) in [4.78, 5) is 26.6. The third-order valence-electron chi connectivity index (χ3n) is 5.00. The minimum Gasteiger partial charge on any atom is -0.481 e. The molecule has 1 aromatic heterocycles. The number of halogens is 2. The van der Waals surface area contributed by atoms with E-state index in [9.17, 15) is 19.1 Å². The highest BCUT2D eigenvalue weighted by Crippen LogP contribution is 2.46. The molecular weight excluding hydrogens is 325 g/mol. The molecule has 1 amide bonds. The van der Waals surface area contributed by atoms with Gasteiger partial charge in [-0.25, -0.2) is 9.37 Å². The van der Waals surface area contributed by atoms with E-state index < -0.39 is 29.7 Å². The maximum atomic E-state index is 14.2. The second-order valence-electron chi connectivity index (χ2n) is 6.23. The van der Waals surface area contributed by atoms with Crippen molar-refractivity contribution in [2.45, 2.75) is 31.7 Å². The number of carbonyl (C=O) groups is 2. The van der Waals surface area contributed by atoms with E-state index in [1.165, 1.54) is 0 Å². The lowest BCUT2D eigenvalue weighted by Crippen LogP contribution is -2.51. The molecule has 0 aliphatic heterocycles. The molecule has 0 radical (unpaired) electrons. The smallest absolute Gasteiger partial charge is 0.308 e. The lowest BCUT2D eigenvalue weighted by molar-refractivity contribution is -0.148. The van der Waals surface area contributed by atoms with Gasteiger partial charge in [0.05, 0.1) is 11.5 Å². The fourth-order valence-corrected chi connectivity index (χ4v) is 4.14. The van der Waals surface area contributed by atoms with Gasteiger partial charge in [0.1, 0.15) is 5.15 Å². The van der Waals surface area contributed by atoms with E-state index in [-0.39, 0.29) is 28.4 Å². The largest absolute Gasteiger partial charge is 0.481 e. The van der Waals surface area contributed by atoms with Gasteiger partial charge in [-0.15, -0.1) is 0 Å². The van der Waals surface area contributed by atoms with Crippen molar-refractivity contribution in [2.75, 3.05) is 5.32 Å². The average Bonchev–Trinajstić information content (AvgIpc) is 2.51. The van der Waals surface area contributed by atoms with Crippen LogP contribution in [0.25, 0.3) is 0 Å². The number of carboxylic acid groups (broad SMARTS) is 1. The number of nitrogens with zero attached hydrogens (tertiary/aromatic N) is 1. The number of nitrogens with one attached hydrogen (secondary N) is 1. The molecule has 2 atom stereocenters. The van der Waals surface area contributed by atoms with Gasteiger partial charge in [-0.3, -0.25) is 9.59 Å². The van der Waals surface area contributed by atoms with Crippen molar-refractivity contribution >= 4 is 29.3 Å². The first kappa shape index (κ1) is 16.0. The van der Waals surface area contributed by atoms with E-state index in [1.54, 1.807) is 0 Å². The minimum absolute atomic E-state index is 0.0958. The molecule has 8 heteroatoms. The van der Waals surface area contributed by atoms with Crippen molar-refractivity contribution in [1.82, 2.24) is 4.98 Å². The van der Waals surface area contributed by atoms with Crippen LogP contribution in [0.15, 0.2) is 6.07 Å². The maximum Gasteiger partial charge on any atom is 0.308 e. The molecule has 6 nitrogen and oxygen atoms in total. The van der Waals surface area contributed by atoms with Gasteiger partial charge in [-0.2, -0.15) is 0 Å². The summed E-state index contributed by atoms with van der Waals surface area (Å²) in [6.45, 7) is 0. The summed E-state index contributed by atoms with van der Waals surface area (Å²) in [5.41, 5.74) is 4.90. The summed E-state index contributed by atoms with van der Waals surface area (Å²) in [6, 6.07) is 0.536. The lowest BCUT2D eigenvalue weighted by atomic mass is 9.61. The number of aromatic nitrogens is 1. The van der Waals surface area contributed by atoms with Gasteiger partial charge < -0.3 is 16.2 Å². The second kappa shape index (κ2) is 5.96. The topological polar surface area (TPSA) is 105 Å². The van der Waals surface area contributed by atoms with Crippen LogP contribution in [-0.2, 0) is 4.79 Å². The summed E-state index contributed by atoms with van der Waals surface area (Å²) in [5, 5.41) is 12.2. The third kappa shape index (κ3) is 2.85. The molecule has 0 spiro atoms. The Labute approximate surface area is 137 Å². The van der Waals surface area contributed by atoms with Crippen molar-refractivity contribution < 1.29 is 19.1 Å². The van der Waals surface area contributed by atoms with Crippen LogP contribution in [0, 0.1) is 23.6 Å². The molecule has 1 heterocycles. The predicted molar refractivity (Wildman–Crippen MR) is 81.7 cm³/mol. The molecule has 0 unspecified atom stereocenters. The zero-order valence-corrected chi connectivity index (χ0v) is 13.0. The number of carboxylic acids is 1. The molecule has 4 N–H and O–H groups in total. The van der Waals surface area contributed by atoms with Crippen molar-refractivity contribution in [1.29, 1.82) is 0 Å². The summed E-state index contributed by atoms with van der Waals surface area (Å²) in [5.74, 6) is -2.96. The van der Waals surface area contributed by atoms with E-state index in [2.05, 4.69) is 10.3 Å². The Kier molecular flexibility index (Phi) is 4.14. The van der Waals surface area contributed by atoms with Crippen LogP contribution in [0.2, 0.25) is 5.15 Å². The SMILES string of the molecule is NC(=O)c1cc(F)c(N[C@H]2C3CCC(CC3)[C@@H]2C(=O)O)nc1Cl. The van der Waals surface area contributed by atoms with Crippen molar-refractivity contribution in [2.24, 2.45) is 23.5 Å². The van der Waals surface area contributed by atoms with Gasteiger partial charge >= 0.3 is 5.97 Å². The number of carbonyl (C=O) groups excluding carboxylic acids is 1. The molecule has 4 rings (SSSR count). The van der Waals surface area contributed by atoms with Crippen molar-refractivity contribution in [3.63, 3.8) is 0 Å². The second-order valence-corrected chi connectivity index (χ2v) is 6.59. The monoisotopic (exact) mass is 341 g/mol. The maximum absolute atomic E-state index is 14.2. The number of rotatable bonds is 4. The first-order chi connectivity index (χ1) is 10.9. The Bertz CT molecular complexity index is 662. The van der Waals surface area contributed by atoms with E-state index >= 15 is 0 Å². The molecule has 3 aliphatic carbocycles. The Hall–Kier alpha value is -1.89. The Morgan fingerprint density at radius 3 is 2.48 bits per heavy atom. The lowest BCUT2D eigenvalue weighted by Gasteiger charge is -2.47. The number of pyridine rings is 1. The molecule has 2 bridgehead atoms. The quantitative estimate of drug-likeness (QED) is 0.728. The van der Waals surface area contributed by atoms with Crippen LogP contribution in [0.4, 0.5) is 10.2 Å². The van der Waals surface area contributed by atoms with Crippen LogP contribution in [0.5, 0.6) is 0 Å². The minimum atomic E-state index is -0.878. The molecule has 3 aliphatic rings. The van der Waals surface area contributed by atoms with E-state index in [4.69, 9.17) is 17.3 Å². The fourth-order valence-electron chi connectivity index (χ4n) is 3.91. The number of nitrogens with two attached hydrogens (primary N) is 1. The number of fused-ring (bicyclic) bond motifs is 3. The molecule has 3 saturated carbocycles. The van der Waals surface area contributed by atoms with Gasteiger partial charge in [0.2, 0.25) is 0 Å². The molecule has 23 heavy (non-hydrogen) atoms. The van der Waals surface area contributed by atoms with Crippen LogP contribution in [0.3, 0.4) is 0 Å². The van der Waals surface area contributed by atoms with Gasteiger partial charge in [0.25, 0.3) is 5.91 Å². The Morgan fingerprint density at radius 1 is 1.30 bits per heavy atom. The standard InChI is InChI=1S/C15H17ClFN3O3/c16-12-8(13(18)21)5-9(17)14(20-12)19-11-7-3-1-6(2-4-7)10(11)15(22)23/h5-7,10-11H,1-4H2,(H2,18,21)(H,19,20)(H,22,23)/t6?,7?,10-,11-/m0/s1. The van der Waals surface area contributed by atoms with E-state index in [0.717, 1.165) is 31.7 Å². The molecule has 0 aromatic carbocycles. The van der Waals surface area contributed by atoms with Gasteiger partial charge in [0, 0.05) is 6.04 Å². The zero-order chi connectivity index (χ0) is 16.7. The summed E-state index contributed by atoms with van der Waals surface area (Å²) >= 11 is 5.86. The van der Waals surface area contributed by atoms with Crippen LogP contribution >= 0.6 is 11.6 Å². The van der Waals surface area contributed by atoms with E-state index in [1.807, 2.05) is 0 Å². The molecule has 3 fully saturated rings. The molecule has 1 aromatic rings. The molecular formula is C15H17ClFN3O3. The summed E-state index contributed by atoms with van der Waals surface area (Å²) in [7, 11) is 0. The molecule has 0 saturated heterocycles. The Morgan fingerprint density at radius 2 is 1.91 bits per heavy atom. The number of anilines is 1. The average molecular weight is 342 g/mol. The van der Waals surface area contributed by atoms with Gasteiger partial charge in [-0.05, 0) is 43.6 Å². The van der Waals surface area contributed by atoms with Crippen LogP contribution in [0.1, 0.15) is 36.0 Å². The van der Waals surface area contributed by atoms with Crippen molar-refractivity contribution in [3.8, 4) is 0 Å². The number of primary amides is 1.